The smallest absolute Gasteiger partial charge is 0.412 e. The monoisotopic (exact) mass is 522 g/mol. The molecule has 35 heavy (non-hydrogen) atoms. The second-order valence-corrected chi connectivity index (χ2v) is 12.7. The second kappa shape index (κ2) is 10.9. The third-order valence-corrected chi connectivity index (χ3v) is 8.29. The van der Waals surface area contributed by atoms with E-state index in [9.17, 15) is 18.9 Å². The zero-order valence-electron chi connectivity index (χ0n) is 20.7. The van der Waals surface area contributed by atoms with E-state index in [1.165, 1.54) is 22.5 Å². The highest BCUT2D eigenvalue weighted by Gasteiger charge is 2.27. The molecular formula is C24H34N4O5S2. The first-order valence-electron chi connectivity index (χ1n) is 11.7. The van der Waals surface area contributed by atoms with Gasteiger partial charge in [-0.05, 0) is 65.5 Å². The Morgan fingerprint density at radius 3 is 2.43 bits per heavy atom. The number of rotatable bonds is 7. The van der Waals surface area contributed by atoms with Crippen LogP contribution in [0, 0.1) is 4.78 Å². The number of carbonyl (C=O) groups excluding carboxylic acids is 1. The highest BCUT2D eigenvalue weighted by Crippen LogP contribution is 2.40. The first-order chi connectivity index (χ1) is 16.4. The number of benzene rings is 1. The minimum absolute atomic E-state index is 0.0855. The van der Waals surface area contributed by atoms with Crippen LogP contribution in [0.2, 0.25) is 0 Å². The molecule has 1 heterocycles. The number of carbonyl (C=O) groups is 2. The van der Waals surface area contributed by atoms with Gasteiger partial charge < -0.3 is 15.2 Å². The molecule has 0 saturated heterocycles. The van der Waals surface area contributed by atoms with Gasteiger partial charge in [0.05, 0.1) is 30.6 Å². The highest BCUT2D eigenvalue weighted by molar-refractivity contribution is 7.91. The zero-order valence-corrected chi connectivity index (χ0v) is 22.4. The van der Waals surface area contributed by atoms with E-state index in [2.05, 4.69) is 10.3 Å². The van der Waals surface area contributed by atoms with Gasteiger partial charge in [-0.2, -0.15) is 0 Å². The lowest BCUT2D eigenvalue weighted by Gasteiger charge is -2.28. The molecule has 1 unspecified atom stereocenters. The van der Waals surface area contributed by atoms with Crippen LogP contribution in [0.5, 0.6) is 0 Å². The van der Waals surface area contributed by atoms with Gasteiger partial charge in [-0.15, -0.1) is 11.3 Å². The molecule has 3 N–H and O–H groups in total. The second-order valence-electron chi connectivity index (χ2n) is 9.48. The zero-order chi connectivity index (χ0) is 25.9. The van der Waals surface area contributed by atoms with Gasteiger partial charge in [-0.25, -0.2) is 23.6 Å². The molecule has 1 aromatic heterocycles. The van der Waals surface area contributed by atoms with E-state index in [-0.39, 0.29) is 30.2 Å². The van der Waals surface area contributed by atoms with E-state index in [0.717, 1.165) is 35.6 Å². The molecule has 0 aliphatic heterocycles. The van der Waals surface area contributed by atoms with Gasteiger partial charge in [0.15, 0.2) is 0 Å². The molecule has 9 nitrogen and oxygen atoms in total. The standard InChI is InChI=1S/C24H34N4O5S2/c1-14(2)28(24(30)31)18-10-11-19(21(12-18)35(5,25)32)20-13-26-22(34-20)16-6-8-17(9-7-16)27-23(29)33-15(3)4/h10-17,25H,6-9H2,1-5H3,(H,27,29)(H,30,31). The number of amides is 2. The Kier molecular flexibility index (Phi) is 8.42. The van der Waals surface area contributed by atoms with Crippen molar-refractivity contribution in [2.45, 2.75) is 82.4 Å². The molecule has 2 amide bonds. The predicted molar refractivity (Wildman–Crippen MR) is 138 cm³/mol. The Balaban J connectivity index is 1.79. The van der Waals surface area contributed by atoms with Gasteiger partial charge in [-0.3, -0.25) is 4.90 Å². The van der Waals surface area contributed by atoms with E-state index < -0.39 is 15.8 Å². The average Bonchev–Trinajstić information content (AvgIpc) is 3.22. The van der Waals surface area contributed by atoms with Crippen LogP contribution >= 0.6 is 11.3 Å². The molecule has 1 fully saturated rings. The molecule has 11 heteroatoms. The maximum atomic E-state index is 12.8. The van der Waals surface area contributed by atoms with Crippen LogP contribution in [0.15, 0.2) is 29.3 Å². The van der Waals surface area contributed by atoms with E-state index >= 15 is 0 Å². The summed E-state index contributed by atoms with van der Waals surface area (Å²) in [6.45, 7) is 7.16. The fourth-order valence-electron chi connectivity index (χ4n) is 4.32. The van der Waals surface area contributed by atoms with Gasteiger partial charge in [-0.1, -0.05) is 6.07 Å². The number of anilines is 1. The van der Waals surface area contributed by atoms with Crippen molar-refractivity contribution in [3.8, 4) is 10.4 Å². The van der Waals surface area contributed by atoms with E-state index in [1.807, 2.05) is 13.8 Å². The lowest BCUT2D eigenvalue weighted by Crippen LogP contribution is -2.38. The minimum atomic E-state index is -3.13. The third kappa shape index (κ3) is 6.72. The van der Waals surface area contributed by atoms with E-state index in [4.69, 9.17) is 9.52 Å². The summed E-state index contributed by atoms with van der Waals surface area (Å²) >= 11 is 1.51. The van der Waals surface area contributed by atoms with Crippen LogP contribution in [-0.2, 0) is 14.5 Å². The number of alkyl carbamates (subject to hydrolysis) is 1. The Morgan fingerprint density at radius 1 is 1.23 bits per heavy atom. The number of ether oxygens (including phenoxy) is 1. The summed E-state index contributed by atoms with van der Waals surface area (Å²) in [6.07, 6.45) is 4.89. The SMILES string of the molecule is CC(C)OC(=O)NC1CCC(c2ncc(-c3ccc(N(C(=O)O)C(C)C)cc3S(C)(=N)=O)s2)CC1. The largest absolute Gasteiger partial charge is 0.465 e. The number of thiazole rings is 1. The molecule has 0 spiro atoms. The van der Waals surface area contributed by atoms with Crippen molar-refractivity contribution in [1.82, 2.24) is 10.3 Å². The average molecular weight is 523 g/mol. The summed E-state index contributed by atoms with van der Waals surface area (Å²) in [4.78, 5) is 30.5. The molecule has 1 atom stereocenters. The number of nitrogens with zero attached hydrogens (tertiary/aromatic N) is 2. The normalized spacial score (nSPS) is 19.9. The number of aromatic nitrogens is 1. The van der Waals surface area contributed by atoms with Gasteiger partial charge >= 0.3 is 12.2 Å². The maximum Gasteiger partial charge on any atom is 0.412 e. The number of carboxylic acid groups (broad SMARTS) is 1. The van der Waals surface area contributed by atoms with Crippen LogP contribution in [0.4, 0.5) is 15.3 Å². The Morgan fingerprint density at radius 2 is 1.89 bits per heavy atom. The molecule has 1 aliphatic carbocycles. The quantitative estimate of drug-likeness (QED) is 0.415. The summed E-state index contributed by atoms with van der Waals surface area (Å²) in [6, 6.07) is 4.74. The summed E-state index contributed by atoms with van der Waals surface area (Å²) in [5.41, 5.74) is 1.03. The van der Waals surface area contributed by atoms with Crippen molar-refractivity contribution in [3.63, 3.8) is 0 Å². The van der Waals surface area contributed by atoms with Crippen LogP contribution in [0.1, 0.15) is 64.3 Å². The topological polar surface area (TPSA) is 133 Å². The van der Waals surface area contributed by atoms with Crippen LogP contribution in [0.3, 0.4) is 0 Å². The lowest BCUT2D eigenvalue weighted by molar-refractivity contribution is 0.109. The van der Waals surface area contributed by atoms with Gasteiger partial charge in [0.1, 0.15) is 0 Å². The summed E-state index contributed by atoms with van der Waals surface area (Å²) in [7, 11) is -3.13. The Bertz CT molecular complexity index is 1170. The van der Waals surface area contributed by atoms with Gasteiger partial charge in [0.2, 0.25) is 0 Å². The van der Waals surface area contributed by atoms with Crippen molar-refractivity contribution in [1.29, 1.82) is 4.78 Å². The molecule has 1 aromatic carbocycles. The van der Waals surface area contributed by atoms with Crippen LogP contribution in [-0.4, -0.2) is 50.9 Å². The predicted octanol–water partition coefficient (Wildman–Crippen LogP) is 5.90. The molecular weight excluding hydrogens is 488 g/mol. The van der Waals surface area contributed by atoms with Crippen molar-refractivity contribution < 1.29 is 23.6 Å². The molecule has 2 aromatic rings. The fraction of sp³-hybridized carbons (Fsp3) is 0.542. The minimum Gasteiger partial charge on any atom is -0.465 e. The summed E-state index contributed by atoms with van der Waals surface area (Å²) < 4.78 is 26.2. The van der Waals surface area contributed by atoms with Crippen molar-refractivity contribution in [2.24, 2.45) is 0 Å². The lowest BCUT2D eigenvalue weighted by atomic mass is 9.86. The molecule has 1 saturated carbocycles. The third-order valence-electron chi connectivity index (χ3n) is 5.92. The van der Waals surface area contributed by atoms with Crippen molar-refractivity contribution >= 4 is 38.9 Å². The number of hydrogen-bond acceptors (Lipinski definition) is 7. The number of hydrogen-bond donors (Lipinski definition) is 3. The van der Waals surface area contributed by atoms with Gasteiger partial charge in [0, 0.05) is 41.7 Å². The number of nitrogens with one attached hydrogen (secondary N) is 2. The van der Waals surface area contributed by atoms with Crippen LogP contribution < -0.4 is 10.2 Å². The Labute approximate surface area is 210 Å². The van der Waals surface area contributed by atoms with Gasteiger partial charge in [0.25, 0.3) is 0 Å². The molecule has 3 rings (SSSR count). The molecule has 192 valence electrons. The van der Waals surface area contributed by atoms with E-state index in [0.29, 0.717) is 16.1 Å². The molecule has 0 radical (unpaired) electrons. The van der Waals surface area contributed by atoms with Crippen LogP contribution in [0.25, 0.3) is 10.4 Å². The maximum absolute atomic E-state index is 12.8. The Hall–Kier alpha value is -2.66. The van der Waals surface area contributed by atoms with Crippen molar-refractivity contribution in [3.05, 3.63) is 29.4 Å². The summed E-state index contributed by atoms with van der Waals surface area (Å²) in [5.74, 6) is 0.265. The van der Waals surface area contributed by atoms with Crippen molar-refractivity contribution in [2.75, 3.05) is 11.2 Å². The highest BCUT2D eigenvalue weighted by atomic mass is 32.2. The summed E-state index contributed by atoms with van der Waals surface area (Å²) in [5, 5.41) is 13.5. The van der Waals surface area contributed by atoms with E-state index in [1.54, 1.807) is 38.2 Å². The molecule has 0 bridgehead atoms. The fourth-order valence-corrected chi connectivity index (χ4v) is 6.45. The molecule has 1 aliphatic rings. The first-order valence-corrected chi connectivity index (χ1v) is 14.5. The first kappa shape index (κ1) is 26.9.